The van der Waals surface area contributed by atoms with Crippen molar-refractivity contribution in [2.75, 3.05) is 0 Å². The second kappa shape index (κ2) is 8.25. The van der Waals surface area contributed by atoms with E-state index in [0.29, 0.717) is 12.2 Å². The molecule has 0 atom stereocenters. The third-order valence-corrected chi connectivity index (χ3v) is 1.58. The number of hydrogen-bond donors (Lipinski definition) is 0. The van der Waals surface area contributed by atoms with Crippen LogP contribution in [0, 0.1) is 0 Å². The van der Waals surface area contributed by atoms with Crippen LogP contribution in [0.4, 0.5) is 0 Å². The van der Waals surface area contributed by atoms with Crippen molar-refractivity contribution in [1.29, 1.82) is 0 Å². The molecule has 0 heterocycles. The second-order valence-corrected chi connectivity index (χ2v) is 3.85. The molecule has 0 radical (unpaired) electrons. The Morgan fingerprint density at radius 2 is 1.47 bits per heavy atom. The van der Waals surface area contributed by atoms with Crippen LogP contribution in [-0.2, 0) is 4.74 Å². The highest BCUT2D eigenvalue weighted by Crippen LogP contribution is 1.97. The first-order chi connectivity index (χ1) is 7.06. The van der Waals surface area contributed by atoms with E-state index in [2.05, 4.69) is 6.58 Å². The Balaban J connectivity index is 0.000000265. The van der Waals surface area contributed by atoms with Crippen LogP contribution in [0.15, 0.2) is 36.9 Å². The summed E-state index contributed by atoms with van der Waals surface area (Å²) in [4.78, 5) is 0. The van der Waals surface area contributed by atoms with Crippen molar-refractivity contribution in [3.8, 4) is 0 Å². The quantitative estimate of drug-likeness (QED) is 0.722. The summed E-state index contributed by atoms with van der Waals surface area (Å²) < 4.78 is 5.25. The van der Waals surface area contributed by atoms with Gasteiger partial charge in [-0.15, -0.1) is 0 Å². The normalized spacial score (nSPS) is 9.73. The molecule has 1 rings (SSSR count). The second-order valence-electron chi connectivity index (χ2n) is 3.85. The van der Waals surface area contributed by atoms with Crippen LogP contribution < -0.4 is 0 Å². The van der Waals surface area contributed by atoms with Gasteiger partial charge in [-0.05, 0) is 33.3 Å². The van der Waals surface area contributed by atoms with Crippen LogP contribution in [0.5, 0.6) is 0 Å². The summed E-state index contributed by atoms with van der Waals surface area (Å²) in [5, 5.41) is 0. The van der Waals surface area contributed by atoms with E-state index in [-0.39, 0.29) is 0 Å². The molecule has 1 aromatic carbocycles. The van der Waals surface area contributed by atoms with E-state index in [4.69, 9.17) is 4.74 Å². The van der Waals surface area contributed by atoms with E-state index in [1.165, 1.54) is 5.56 Å². The minimum absolute atomic E-state index is 0.375. The lowest BCUT2D eigenvalue weighted by atomic mass is 10.2. The fraction of sp³-hybridized carbons (Fsp3) is 0.429. The summed E-state index contributed by atoms with van der Waals surface area (Å²) in [6, 6.07) is 10.0. The zero-order chi connectivity index (χ0) is 11.7. The van der Waals surface area contributed by atoms with Gasteiger partial charge in [0.2, 0.25) is 0 Å². The molecule has 0 unspecified atom stereocenters. The van der Waals surface area contributed by atoms with Gasteiger partial charge in [0.15, 0.2) is 0 Å². The van der Waals surface area contributed by atoms with Crippen LogP contribution in [0.25, 0.3) is 6.08 Å². The van der Waals surface area contributed by atoms with Gasteiger partial charge in [-0.2, -0.15) is 0 Å². The highest BCUT2D eigenvalue weighted by Gasteiger charge is 1.94. The van der Waals surface area contributed by atoms with Crippen LogP contribution in [0.2, 0.25) is 0 Å². The largest absolute Gasteiger partial charge is 0.376 e. The molecule has 0 aliphatic carbocycles. The maximum absolute atomic E-state index is 5.25. The average Bonchev–Trinajstić information content (AvgIpc) is 2.18. The molecule has 0 fully saturated rings. The Bertz CT molecular complexity index is 243. The molecule has 0 saturated heterocycles. The molecule has 0 aromatic heterocycles. The summed E-state index contributed by atoms with van der Waals surface area (Å²) in [6.07, 6.45) is 2.58. The summed E-state index contributed by atoms with van der Waals surface area (Å²) in [5.41, 5.74) is 1.17. The third-order valence-electron chi connectivity index (χ3n) is 1.58. The molecule has 1 heteroatoms. The molecular formula is C14H22O. The number of rotatable bonds is 3. The number of hydrogen-bond acceptors (Lipinski definition) is 1. The Kier molecular flexibility index (Phi) is 7.65. The zero-order valence-corrected chi connectivity index (χ0v) is 10.2. The molecule has 0 saturated carbocycles. The molecule has 0 aliphatic heterocycles. The van der Waals surface area contributed by atoms with E-state index in [1.54, 1.807) is 0 Å². The van der Waals surface area contributed by atoms with Gasteiger partial charge in [-0.1, -0.05) is 43.0 Å². The van der Waals surface area contributed by atoms with Crippen LogP contribution in [0.1, 0.15) is 33.3 Å². The van der Waals surface area contributed by atoms with Crippen molar-refractivity contribution in [3.63, 3.8) is 0 Å². The van der Waals surface area contributed by atoms with Crippen molar-refractivity contribution in [1.82, 2.24) is 0 Å². The monoisotopic (exact) mass is 206 g/mol. The third kappa shape index (κ3) is 9.23. The lowest BCUT2D eigenvalue weighted by Gasteiger charge is -2.09. The molecule has 0 amide bonds. The lowest BCUT2D eigenvalue weighted by Crippen LogP contribution is -2.09. The summed E-state index contributed by atoms with van der Waals surface area (Å²) in [6.45, 7) is 11.8. The first kappa shape index (κ1) is 13.9. The molecule has 84 valence electrons. The molecule has 0 aliphatic rings. The van der Waals surface area contributed by atoms with Crippen molar-refractivity contribution in [2.24, 2.45) is 0 Å². The van der Waals surface area contributed by atoms with Gasteiger partial charge in [-0.25, -0.2) is 0 Å². The summed E-state index contributed by atoms with van der Waals surface area (Å²) in [5.74, 6) is 0. The standard InChI is InChI=1S/C8H8.C6H14O/c1-2-8-6-4-3-5-7-8;1-5(2)7-6(3)4/h2-7H,1H2;5-6H,1-4H3. The maximum atomic E-state index is 5.25. The van der Waals surface area contributed by atoms with Crippen LogP contribution in [-0.4, -0.2) is 12.2 Å². The fourth-order valence-corrected chi connectivity index (χ4v) is 1.13. The predicted octanol–water partition coefficient (Wildman–Crippen LogP) is 4.15. The van der Waals surface area contributed by atoms with Crippen molar-refractivity contribution in [2.45, 2.75) is 39.9 Å². The topological polar surface area (TPSA) is 9.23 Å². The molecule has 0 bridgehead atoms. The number of benzene rings is 1. The highest BCUT2D eigenvalue weighted by atomic mass is 16.5. The van der Waals surface area contributed by atoms with Gasteiger partial charge >= 0.3 is 0 Å². The van der Waals surface area contributed by atoms with Gasteiger partial charge in [0.05, 0.1) is 12.2 Å². The van der Waals surface area contributed by atoms with Crippen LogP contribution >= 0.6 is 0 Å². The molecule has 0 spiro atoms. The molecule has 15 heavy (non-hydrogen) atoms. The zero-order valence-electron chi connectivity index (χ0n) is 10.2. The average molecular weight is 206 g/mol. The molecule has 1 nitrogen and oxygen atoms in total. The lowest BCUT2D eigenvalue weighted by molar-refractivity contribution is 0.0300. The minimum Gasteiger partial charge on any atom is -0.376 e. The minimum atomic E-state index is 0.375. The first-order valence-corrected chi connectivity index (χ1v) is 5.39. The maximum Gasteiger partial charge on any atom is 0.0522 e. The molecular weight excluding hydrogens is 184 g/mol. The smallest absolute Gasteiger partial charge is 0.0522 e. The first-order valence-electron chi connectivity index (χ1n) is 5.39. The van der Waals surface area contributed by atoms with Gasteiger partial charge in [0.1, 0.15) is 0 Å². The van der Waals surface area contributed by atoms with Crippen molar-refractivity contribution in [3.05, 3.63) is 42.5 Å². The van der Waals surface area contributed by atoms with Gasteiger partial charge < -0.3 is 4.74 Å². The van der Waals surface area contributed by atoms with E-state index in [1.807, 2.05) is 64.1 Å². The Morgan fingerprint density at radius 3 is 1.67 bits per heavy atom. The summed E-state index contributed by atoms with van der Waals surface area (Å²) >= 11 is 0. The van der Waals surface area contributed by atoms with E-state index >= 15 is 0 Å². The Hall–Kier alpha value is -1.08. The van der Waals surface area contributed by atoms with Crippen molar-refractivity contribution < 1.29 is 4.74 Å². The van der Waals surface area contributed by atoms with Crippen molar-refractivity contribution >= 4 is 6.08 Å². The Morgan fingerprint density at radius 1 is 1.00 bits per heavy atom. The van der Waals surface area contributed by atoms with Gasteiger partial charge in [0.25, 0.3) is 0 Å². The highest BCUT2D eigenvalue weighted by molar-refractivity contribution is 5.45. The Labute approximate surface area is 93.8 Å². The predicted molar refractivity (Wildman–Crippen MR) is 67.9 cm³/mol. The van der Waals surface area contributed by atoms with E-state index < -0.39 is 0 Å². The summed E-state index contributed by atoms with van der Waals surface area (Å²) in [7, 11) is 0. The van der Waals surface area contributed by atoms with Gasteiger partial charge in [-0.3, -0.25) is 0 Å². The molecule has 1 aromatic rings. The van der Waals surface area contributed by atoms with Gasteiger partial charge in [0, 0.05) is 0 Å². The fourth-order valence-electron chi connectivity index (χ4n) is 1.13. The SMILES string of the molecule is C=Cc1ccccc1.CC(C)OC(C)C. The van der Waals surface area contributed by atoms with E-state index in [9.17, 15) is 0 Å². The number of ether oxygens (including phenoxy) is 1. The van der Waals surface area contributed by atoms with E-state index in [0.717, 1.165) is 0 Å². The molecule has 0 N–H and O–H groups in total. The van der Waals surface area contributed by atoms with Crippen LogP contribution in [0.3, 0.4) is 0 Å².